The van der Waals surface area contributed by atoms with Gasteiger partial charge in [0.2, 0.25) is 0 Å². The highest BCUT2D eigenvalue weighted by atomic mass is 32.1. The Morgan fingerprint density at radius 2 is 2.22 bits per heavy atom. The molecule has 0 spiro atoms. The van der Waals surface area contributed by atoms with Crippen LogP contribution in [0.15, 0.2) is 17.5 Å². The van der Waals surface area contributed by atoms with Gasteiger partial charge >= 0.3 is 12.0 Å². The molecule has 0 fully saturated rings. The summed E-state index contributed by atoms with van der Waals surface area (Å²) in [6.07, 6.45) is 1.40. The van der Waals surface area contributed by atoms with Crippen LogP contribution >= 0.6 is 11.3 Å². The minimum atomic E-state index is -0.800. The summed E-state index contributed by atoms with van der Waals surface area (Å²) < 4.78 is 0. The van der Waals surface area contributed by atoms with Gasteiger partial charge in [0.15, 0.2) is 0 Å². The highest BCUT2D eigenvalue weighted by molar-refractivity contribution is 7.10. The predicted octanol–water partition coefficient (Wildman–Crippen LogP) is 2.36. The molecule has 3 N–H and O–H groups in total. The molecule has 1 aromatic heterocycles. The lowest BCUT2D eigenvalue weighted by molar-refractivity contribution is -0.137. The first-order valence-electron chi connectivity index (χ1n) is 5.89. The topological polar surface area (TPSA) is 78.4 Å². The third-order valence-corrected chi connectivity index (χ3v) is 3.48. The molecule has 5 nitrogen and oxygen atoms in total. The zero-order valence-corrected chi connectivity index (χ0v) is 11.1. The summed E-state index contributed by atoms with van der Waals surface area (Å²) in [4.78, 5) is 22.9. The summed E-state index contributed by atoms with van der Waals surface area (Å²) in [7, 11) is 0. The van der Waals surface area contributed by atoms with Crippen LogP contribution in [0.1, 0.15) is 37.1 Å². The van der Waals surface area contributed by atoms with Crippen LogP contribution < -0.4 is 10.6 Å². The van der Waals surface area contributed by atoms with Gasteiger partial charge in [-0.15, -0.1) is 11.3 Å². The number of rotatable bonds is 7. The van der Waals surface area contributed by atoms with Gasteiger partial charge in [-0.3, -0.25) is 4.79 Å². The summed E-state index contributed by atoms with van der Waals surface area (Å²) in [5, 5.41) is 16.0. The van der Waals surface area contributed by atoms with Crippen LogP contribution in [0.5, 0.6) is 0 Å². The molecule has 1 aromatic rings. The van der Waals surface area contributed by atoms with Crippen molar-refractivity contribution in [1.82, 2.24) is 10.6 Å². The van der Waals surface area contributed by atoms with E-state index in [4.69, 9.17) is 5.11 Å². The average molecular weight is 270 g/mol. The molecular formula is C12H18N2O3S. The normalized spacial score (nSPS) is 11.8. The molecule has 18 heavy (non-hydrogen) atoms. The molecule has 2 amide bonds. The zero-order valence-electron chi connectivity index (χ0n) is 10.3. The van der Waals surface area contributed by atoms with Crippen LogP contribution in [-0.2, 0) is 4.79 Å². The maximum absolute atomic E-state index is 11.5. The third-order valence-electron chi connectivity index (χ3n) is 2.42. The monoisotopic (exact) mass is 270 g/mol. The fourth-order valence-electron chi connectivity index (χ4n) is 1.46. The molecule has 1 rings (SSSR count). The molecule has 0 bridgehead atoms. The first kappa shape index (κ1) is 14.5. The van der Waals surface area contributed by atoms with Gasteiger partial charge in [-0.2, -0.15) is 0 Å². The van der Waals surface area contributed by atoms with E-state index in [2.05, 4.69) is 10.6 Å². The number of carboxylic acid groups (broad SMARTS) is 1. The van der Waals surface area contributed by atoms with E-state index in [1.807, 2.05) is 24.4 Å². The van der Waals surface area contributed by atoms with Gasteiger partial charge in [0.1, 0.15) is 0 Å². The van der Waals surface area contributed by atoms with Gasteiger partial charge in [-0.05, 0) is 31.2 Å². The van der Waals surface area contributed by atoms with Crippen molar-refractivity contribution >= 4 is 23.3 Å². The van der Waals surface area contributed by atoms with Crippen LogP contribution in [-0.4, -0.2) is 23.7 Å². The minimum Gasteiger partial charge on any atom is -0.481 e. The summed E-state index contributed by atoms with van der Waals surface area (Å²) in [5.74, 6) is -0.800. The van der Waals surface area contributed by atoms with Crippen molar-refractivity contribution in [3.05, 3.63) is 22.4 Å². The number of thiophene rings is 1. The van der Waals surface area contributed by atoms with Crippen molar-refractivity contribution in [1.29, 1.82) is 0 Å². The second-order valence-electron chi connectivity index (χ2n) is 3.99. The van der Waals surface area contributed by atoms with Crippen LogP contribution in [0.4, 0.5) is 4.79 Å². The Bertz CT molecular complexity index is 379. The lowest BCUT2D eigenvalue weighted by Crippen LogP contribution is -2.37. The largest absolute Gasteiger partial charge is 0.481 e. The second kappa shape index (κ2) is 7.71. The molecule has 100 valence electrons. The van der Waals surface area contributed by atoms with Crippen molar-refractivity contribution in [2.75, 3.05) is 6.54 Å². The Hall–Kier alpha value is -1.56. The molecule has 0 saturated heterocycles. The zero-order chi connectivity index (χ0) is 13.4. The van der Waals surface area contributed by atoms with E-state index >= 15 is 0 Å². The number of hydrogen-bond donors (Lipinski definition) is 3. The van der Waals surface area contributed by atoms with Gasteiger partial charge in [0.05, 0.1) is 6.04 Å². The Balaban J connectivity index is 2.12. The molecular weight excluding hydrogens is 252 g/mol. The molecule has 0 aromatic carbocycles. The average Bonchev–Trinajstić information content (AvgIpc) is 2.81. The van der Waals surface area contributed by atoms with Gasteiger partial charge < -0.3 is 15.7 Å². The predicted molar refractivity (Wildman–Crippen MR) is 70.8 cm³/mol. The first-order chi connectivity index (χ1) is 8.59. The minimum absolute atomic E-state index is 0.0102. The van der Waals surface area contributed by atoms with Gasteiger partial charge in [0, 0.05) is 17.8 Å². The van der Waals surface area contributed by atoms with Crippen molar-refractivity contribution < 1.29 is 14.7 Å². The van der Waals surface area contributed by atoms with Crippen molar-refractivity contribution in [3.8, 4) is 0 Å². The van der Waals surface area contributed by atoms with Crippen LogP contribution in [0, 0.1) is 0 Å². The number of carbonyl (C=O) groups is 2. The molecule has 0 aliphatic rings. The SMILES string of the molecule is CC(NC(=O)NCCCCC(=O)O)c1cccs1. The molecule has 1 heterocycles. The summed E-state index contributed by atoms with van der Waals surface area (Å²) in [6, 6.07) is 3.69. The van der Waals surface area contributed by atoms with E-state index in [0.29, 0.717) is 19.4 Å². The number of amides is 2. The smallest absolute Gasteiger partial charge is 0.315 e. The van der Waals surface area contributed by atoms with Crippen LogP contribution in [0.3, 0.4) is 0 Å². The van der Waals surface area contributed by atoms with E-state index in [-0.39, 0.29) is 18.5 Å². The quantitative estimate of drug-likeness (QED) is 0.665. The highest BCUT2D eigenvalue weighted by Crippen LogP contribution is 2.17. The molecule has 0 aliphatic heterocycles. The molecule has 0 radical (unpaired) electrons. The number of aliphatic carboxylic acids is 1. The molecule has 0 saturated carbocycles. The number of carbonyl (C=O) groups excluding carboxylic acids is 1. The Morgan fingerprint density at radius 1 is 1.44 bits per heavy atom. The summed E-state index contributed by atoms with van der Waals surface area (Å²) in [6.45, 7) is 2.42. The fourth-order valence-corrected chi connectivity index (χ4v) is 2.19. The number of nitrogens with one attached hydrogen (secondary N) is 2. The van der Waals surface area contributed by atoms with Crippen LogP contribution in [0.25, 0.3) is 0 Å². The first-order valence-corrected chi connectivity index (χ1v) is 6.77. The molecule has 1 unspecified atom stereocenters. The molecule has 6 heteroatoms. The Labute approximate surface area is 110 Å². The van der Waals surface area contributed by atoms with E-state index in [9.17, 15) is 9.59 Å². The number of hydrogen-bond acceptors (Lipinski definition) is 3. The highest BCUT2D eigenvalue weighted by Gasteiger charge is 2.09. The van der Waals surface area contributed by atoms with E-state index in [0.717, 1.165) is 4.88 Å². The Kier molecular flexibility index (Phi) is 6.21. The van der Waals surface area contributed by atoms with Crippen molar-refractivity contribution in [2.45, 2.75) is 32.2 Å². The van der Waals surface area contributed by atoms with Crippen molar-refractivity contribution in [3.63, 3.8) is 0 Å². The standard InChI is InChI=1S/C12H18N2O3S/c1-9(10-5-4-8-18-10)14-12(17)13-7-3-2-6-11(15)16/h4-5,8-9H,2-3,6-7H2,1H3,(H,15,16)(H2,13,14,17). The molecule has 1 atom stereocenters. The summed E-state index contributed by atoms with van der Waals surface area (Å²) in [5.41, 5.74) is 0. The lowest BCUT2D eigenvalue weighted by atomic mass is 10.2. The number of unbranched alkanes of at least 4 members (excludes halogenated alkanes) is 1. The Morgan fingerprint density at radius 3 is 2.83 bits per heavy atom. The lowest BCUT2D eigenvalue weighted by Gasteiger charge is -2.13. The maximum Gasteiger partial charge on any atom is 0.315 e. The van der Waals surface area contributed by atoms with Gasteiger partial charge in [0.25, 0.3) is 0 Å². The van der Waals surface area contributed by atoms with Crippen LogP contribution in [0.2, 0.25) is 0 Å². The van der Waals surface area contributed by atoms with E-state index in [1.54, 1.807) is 11.3 Å². The maximum atomic E-state index is 11.5. The van der Waals surface area contributed by atoms with Gasteiger partial charge in [-0.25, -0.2) is 4.79 Å². The second-order valence-corrected chi connectivity index (χ2v) is 4.97. The molecule has 0 aliphatic carbocycles. The number of urea groups is 1. The van der Waals surface area contributed by atoms with Gasteiger partial charge in [-0.1, -0.05) is 6.07 Å². The fraction of sp³-hybridized carbons (Fsp3) is 0.500. The number of carboxylic acids is 1. The summed E-state index contributed by atoms with van der Waals surface area (Å²) >= 11 is 1.60. The third kappa shape index (κ3) is 5.67. The van der Waals surface area contributed by atoms with E-state index < -0.39 is 5.97 Å². The van der Waals surface area contributed by atoms with E-state index in [1.165, 1.54) is 0 Å². The van der Waals surface area contributed by atoms with Crippen molar-refractivity contribution in [2.24, 2.45) is 0 Å².